The van der Waals surface area contributed by atoms with E-state index in [1.54, 1.807) is 18.2 Å². The fourth-order valence-electron chi connectivity index (χ4n) is 3.49. The molecule has 0 saturated carbocycles. The number of benzene rings is 1. The van der Waals surface area contributed by atoms with Gasteiger partial charge in [0.25, 0.3) is 17.7 Å². The summed E-state index contributed by atoms with van der Waals surface area (Å²) in [6, 6.07) is 9.30. The molecule has 2 aromatic heterocycles. The van der Waals surface area contributed by atoms with Gasteiger partial charge in [-0.1, -0.05) is 12.1 Å². The van der Waals surface area contributed by atoms with Gasteiger partial charge >= 0.3 is 5.97 Å². The molecule has 0 spiro atoms. The largest absolute Gasteiger partial charge is 0.459 e. The molecule has 32 heavy (non-hydrogen) atoms. The van der Waals surface area contributed by atoms with Gasteiger partial charge in [-0.2, -0.15) is 0 Å². The lowest BCUT2D eigenvalue weighted by Gasteiger charge is -2.10. The van der Waals surface area contributed by atoms with Crippen molar-refractivity contribution in [3.63, 3.8) is 0 Å². The van der Waals surface area contributed by atoms with Crippen molar-refractivity contribution >= 4 is 45.7 Å². The van der Waals surface area contributed by atoms with Gasteiger partial charge in [-0.3, -0.25) is 14.4 Å². The van der Waals surface area contributed by atoms with E-state index in [4.69, 9.17) is 14.9 Å². The van der Waals surface area contributed by atoms with Crippen molar-refractivity contribution in [1.82, 2.24) is 0 Å². The summed E-state index contributed by atoms with van der Waals surface area (Å²) in [5.41, 5.74) is 6.99. The third-order valence-corrected chi connectivity index (χ3v) is 6.10. The molecular formula is C22H19N3O6S. The van der Waals surface area contributed by atoms with Crippen molar-refractivity contribution < 1.29 is 28.3 Å². The van der Waals surface area contributed by atoms with Crippen LogP contribution in [0.2, 0.25) is 0 Å². The zero-order valence-electron chi connectivity index (χ0n) is 16.8. The molecule has 0 saturated heterocycles. The number of carbonyl (C=O) groups excluding carboxylic acids is 4. The van der Waals surface area contributed by atoms with Crippen molar-refractivity contribution in [3.8, 4) is 0 Å². The topological polar surface area (TPSA) is 141 Å². The molecule has 2 heterocycles. The molecule has 9 nitrogen and oxygen atoms in total. The molecule has 1 aliphatic carbocycles. The average molecular weight is 453 g/mol. The number of fused-ring (bicyclic) bond motifs is 1. The van der Waals surface area contributed by atoms with Gasteiger partial charge in [0.1, 0.15) is 5.00 Å². The number of esters is 1. The Balaban J connectivity index is 1.40. The highest BCUT2D eigenvalue weighted by Crippen LogP contribution is 2.38. The highest BCUT2D eigenvalue weighted by Gasteiger charge is 2.26. The van der Waals surface area contributed by atoms with Crippen LogP contribution in [-0.2, 0) is 22.4 Å². The second-order valence-corrected chi connectivity index (χ2v) is 8.13. The van der Waals surface area contributed by atoms with Crippen LogP contribution in [0.3, 0.4) is 0 Å². The quantitative estimate of drug-likeness (QED) is 0.470. The van der Waals surface area contributed by atoms with Gasteiger partial charge in [0.15, 0.2) is 12.4 Å². The zero-order chi connectivity index (χ0) is 22.7. The molecule has 3 aromatic rings. The molecule has 4 rings (SSSR count). The molecule has 3 amide bonds. The van der Waals surface area contributed by atoms with Crippen LogP contribution in [0.15, 0.2) is 47.1 Å². The fourth-order valence-corrected chi connectivity index (χ4v) is 4.80. The Morgan fingerprint density at radius 1 is 1.06 bits per heavy atom. The van der Waals surface area contributed by atoms with Gasteiger partial charge in [0.2, 0.25) is 0 Å². The van der Waals surface area contributed by atoms with Crippen molar-refractivity contribution in [3.05, 3.63) is 70.0 Å². The molecule has 1 aliphatic rings. The Bertz CT molecular complexity index is 1200. The van der Waals surface area contributed by atoms with E-state index in [9.17, 15) is 19.2 Å². The van der Waals surface area contributed by atoms with Crippen molar-refractivity contribution in [2.45, 2.75) is 19.3 Å². The summed E-state index contributed by atoms with van der Waals surface area (Å²) in [5.74, 6) is -2.44. The van der Waals surface area contributed by atoms with E-state index < -0.39 is 30.3 Å². The van der Waals surface area contributed by atoms with Crippen molar-refractivity contribution in [1.29, 1.82) is 0 Å². The normalized spacial score (nSPS) is 12.1. The SMILES string of the molecule is NC(=O)c1c(NC(=O)COC(=O)c2ccccc2NC(=O)c2ccco2)sc2c1CCC2. The van der Waals surface area contributed by atoms with Gasteiger partial charge in [-0.05, 0) is 49.1 Å². The minimum absolute atomic E-state index is 0.0770. The molecule has 0 fully saturated rings. The maximum absolute atomic E-state index is 12.5. The van der Waals surface area contributed by atoms with Crippen LogP contribution in [0.5, 0.6) is 0 Å². The Morgan fingerprint density at radius 2 is 1.88 bits per heavy atom. The van der Waals surface area contributed by atoms with Gasteiger partial charge in [0.05, 0.1) is 23.1 Å². The van der Waals surface area contributed by atoms with Crippen molar-refractivity contribution in [2.75, 3.05) is 17.2 Å². The smallest absolute Gasteiger partial charge is 0.340 e. The van der Waals surface area contributed by atoms with Crippen LogP contribution in [0.4, 0.5) is 10.7 Å². The highest BCUT2D eigenvalue weighted by atomic mass is 32.1. The first-order valence-corrected chi connectivity index (χ1v) is 10.6. The Labute approximate surface area is 186 Å². The summed E-state index contributed by atoms with van der Waals surface area (Å²) >= 11 is 1.31. The predicted molar refractivity (Wildman–Crippen MR) is 117 cm³/mol. The number of aryl methyl sites for hydroxylation is 1. The molecule has 164 valence electrons. The van der Waals surface area contributed by atoms with Gasteiger partial charge in [0, 0.05) is 4.88 Å². The number of thiophene rings is 1. The molecular weight excluding hydrogens is 434 g/mol. The number of ether oxygens (including phenoxy) is 1. The number of carbonyl (C=O) groups is 4. The van der Waals surface area contributed by atoms with Crippen LogP contribution in [0.1, 0.15) is 48.1 Å². The molecule has 0 atom stereocenters. The minimum atomic E-state index is -0.792. The molecule has 1 aromatic carbocycles. The van der Waals surface area contributed by atoms with Crippen LogP contribution < -0.4 is 16.4 Å². The van der Waals surface area contributed by atoms with E-state index in [1.807, 2.05) is 0 Å². The third kappa shape index (κ3) is 4.40. The monoisotopic (exact) mass is 453 g/mol. The fraction of sp³-hybridized carbons (Fsp3) is 0.182. The maximum Gasteiger partial charge on any atom is 0.340 e. The summed E-state index contributed by atoms with van der Waals surface area (Å²) in [6.45, 7) is -0.569. The standard InChI is InChI=1S/C22H19N3O6S/c23-19(27)18-13-6-3-9-16(13)32-21(18)25-17(26)11-31-22(29)12-5-1-2-7-14(12)24-20(28)15-8-4-10-30-15/h1-2,4-5,7-8,10H,3,6,9,11H2,(H2,23,27)(H,24,28)(H,25,26). The summed E-state index contributed by atoms with van der Waals surface area (Å²) in [5, 5.41) is 5.56. The van der Waals surface area contributed by atoms with Crippen LogP contribution in [0, 0.1) is 0 Å². The summed E-state index contributed by atoms with van der Waals surface area (Å²) in [4.78, 5) is 50.0. The van der Waals surface area contributed by atoms with Gasteiger partial charge in [-0.15, -0.1) is 11.3 Å². The summed E-state index contributed by atoms with van der Waals surface area (Å²) in [7, 11) is 0. The summed E-state index contributed by atoms with van der Waals surface area (Å²) < 4.78 is 10.2. The lowest BCUT2D eigenvalue weighted by atomic mass is 10.1. The lowest BCUT2D eigenvalue weighted by Crippen LogP contribution is -2.23. The Hall–Kier alpha value is -3.92. The van der Waals surface area contributed by atoms with E-state index >= 15 is 0 Å². The number of hydrogen-bond acceptors (Lipinski definition) is 7. The Morgan fingerprint density at radius 3 is 2.62 bits per heavy atom. The second kappa shape index (κ2) is 9.06. The molecule has 0 radical (unpaired) electrons. The van der Waals surface area contributed by atoms with Crippen LogP contribution in [-0.4, -0.2) is 30.3 Å². The molecule has 0 aliphatic heterocycles. The number of furan rings is 1. The number of hydrogen-bond donors (Lipinski definition) is 3. The van der Waals surface area contributed by atoms with Gasteiger partial charge in [-0.25, -0.2) is 4.79 Å². The number of para-hydroxylation sites is 1. The molecule has 0 bridgehead atoms. The van der Waals surface area contributed by atoms with Crippen molar-refractivity contribution in [2.24, 2.45) is 5.73 Å². The van der Waals surface area contributed by atoms with E-state index in [0.29, 0.717) is 10.6 Å². The Kier molecular flexibility index (Phi) is 6.04. The maximum atomic E-state index is 12.5. The summed E-state index contributed by atoms with van der Waals surface area (Å²) in [6.07, 6.45) is 3.89. The van der Waals surface area contributed by atoms with E-state index in [1.165, 1.54) is 35.8 Å². The third-order valence-electron chi connectivity index (χ3n) is 4.90. The number of nitrogens with one attached hydrogen (secondary N) is 2. The number of rotatable bonds is 7. The second-order valence-electron chi connectivity index (χ2n) is 7.03. The molecule has 4 N–H and O–H groups in total. The number of anilines is 2. The molecule has 10 heteroatoms. The number of primary amides is 1. The first kappa shape index (κ1) is 21.3. The lowest BCUT2D eigenvalue weighted by molar-refractivity contribution is -0.119. The van der Waals surface area contributed by atoms with E-state index in [2.05, 4.69) is 10.6 Å². The predicted octanol–water partition coefficient (Wildman–Crippen LogP) is 2.98. The minimum Gasteiger partial charge on any atom is -0.459 e. The number of nitrogens with two attached hydrogens (primary N) is 1. The van der Waals surface area contributed by atoms with Crippen LogP contribution >= 0.6 is 11.3 Å². The first-order chi connectivity index (χ1) is 15.4. The first-order valence-electron chi connectivity index (χ1n) is 9.79. The van der Waals surface area contributed by atoms with E-state index in [-0.39, 0.29) is 17.0 Å². The highest BCUT2D eigenvalue weighted by molar-refractivity contribution is 7.17. The number of amides is 3. The van der Waals surface area contributed by atoms with Crippen LogP contribution in [0.25, 0.3) is 0 Å². The zero-order valence-corrected chi connectivity index (χ0v) is 17.6. The molecule has 0 unspecified atom stereocenters. The van der Waals surface area contributed by atoms with E-state index in [0.717, 1.165) is 29.7 Å². The average Bonchev–Trinajstić information content (AvgIpc) is 3.49. The van der Waals surface area contributed by atoms with Gasteiger partial charge < -0.3 is 25.5 Å².